The van der Waals surface area contributed by atoms with Gasteiger partial charge in [0.25, 0.3) is 20.2 Å². The third-order valence-electron chi connectivity index (χ3n) is 9.22. The van der Waals surface area contributed by atoms with Crippen LogP contribution in [0.25, 0.3) is 0 Å². The predicted octanol–water partition coefficient (Wildman–Crippen LogP) is 7.05. The Hall–Kier alpha value is -4.12. The number of hydrogen-bond acceptors (Lipinski definition) is 9. The standard InChI is InChI=1S/C44H42O9P2S2/c1-33-23-27-39(28-24-33)56(45,46)49-31-41-43(52-54(35-15-7-3-8-16-35)36-17-9-4-10-18-36)44(42(51-41)32-50-57(47,48)40-29-25-34(2)26-30-40)53-55(37-19-11-5-12-20-37)38-21-13-6-14-22-38/h3-30,41-44H,31-32H2,1-2H3/t41-,42-,43-,44-/m1/s1. The van der Waals surface area contributed by atoms with Crippen LogP contribution in [0.5, 0.6) is 0 Å². The average Bonchev–Trinajstić information content (AvgIpc) is 3.57. The zero-order valence-corrected chi connectivity index (χ0v) is 34.7. The molecule has 294 valence electrons. The highest BCUT2D eigenvalue weighted by Crippen LogP contribution is 2.46. The Morgan fingerprint density at radius 2 is 0.719 bits per heavy atom. The van der Waals surface area contributed by atoms with E-state index in [0.29, 0.717) is 0 Å². The van der Waals surface area contributed by atoms with Crippen molar-refractivity contribution in [1.82, 2.24) is 0 Å². The summed E-state index contributed by atoms with van der Waals surface area (Å²) in [7, 11) is -11.6. The van der Waals surface area contributed by atoms with Crippen molar-refractivity contribution in [3.8, 4) is 0 Å². The summed E-state index contributed by atoms with van der Waals surface area (Å²) in [5.41, 5.74) is 1.79. The van der Waals surface area contributed by atoms with Crippen LogP contribution in [0.1, 0.15) is 11.1 Å². The molecule has 1 fully saturated rings. The summed E-state index contributed by atoms with van der Waals surface area (Å²) in [6.45, 7) is 2.85. The van der Waals surface area contributed by atoms with Gasteiger partial charge in [0.15, 0.2) is 0 Å². The van der Waals surface area contributed by atoms with E-state index in [1.807, 2.05) is 135 Å². The molecule has 9 nitrogen and oxygen atoms in total. The molecular weight excluding hydrogens is 799 g/mol. The Kier molecular flexibility index (Phi) is 13.4. The summed E-state index contributed by atoms with van der Waals surface area (Å²) in [4.78, 5) is -0.0131. The lowest BCUT2D eigenvalue weighted by Gasteiger charge is -2.32. The second-order valence-corrected chi connectivity index (χ2v) is 20.3. The molecule has 0 saturated carbocycles. The van der Waals surface area contributed by atoms with Crippen molar-refractivity contribution in [3.63, 3.8) is 0 Å². The molecule has 7 rings (SSSR count). The van der Waals surface area contributed by atoms with E-state index in [1.54, 1.807) is 24.3 Å². The van der Waals surface area contributed by atoms with Crippen molar-refractivity contribution in [2.45, 2.75) is 48.1 Å². The third kappa shape index (κ3) is 10.3. The fraction of sp³-hybridized carbons (Fsp3) is 0.182. The van der Waals surface area contributed by atoms with Crippen molar-refractivity contribution < 1.29 is 39.0 Å². The van der Waals surface area contributed by atoms with E-state index in [0.717, 1.165) is 32.3 Å². The molecule has 0 aliphatic carbocycles. The molecule has 1 aliphatic heterocycles. The number of hydrogen-bond donors (Lipinski definition) is 0. The van der Waals surface area contributed by atoms with E-state index in [2.05, 4.69) is 0 Å². The van der Waals surface area contributed by atoms with E-state index < -0.39 is 74.2 Å². The number of aryl methyl sites for hydroxylation is 2. The zero-order chi connectivity index (χ0) is 39.8. The van der Waals surface area contributed by atoms with Crippen molar-refractivity contribution in [2.24, 2.45) is 0 Å². The average molecular weight is 841 g/mol. The first kappa shape index (κ1) is 41.1. The van der Waals surface area contributed by atoms with Gasteiger partial charge >= 0.3 is 0 Å². The Morgan fingerprint density at radius 3 is 1.00 bits per heavy atom. The maximum Gasteiger partial charge on any atom is 0.297 e. The minimum absolute atomic E-state index is 0.00654. The summed E-state index contributed by atoms with van der Waals surface area (Å²) in [6, 6.07) is 51.7. The SMILES string of the molecule is Cc1ccc(S(=O)(=O)OC[C@H]2O[C@H](COS(=O)(=O)c3ccc(C)cc3)[C@@H](OP(c3ccccc3)c3ccccc3)[C@@H]2OP(c2ccccc2)c2ccccc2)cc1. The molecule has 0 unspecified atom stereocenters. The lowest BCUT2D eigenvalue weighted by atomic mass is 10.1. The van der Waals surface area contributed by atoms with Crippen LogP contribution >= 0.6 is 16.3 Å². The van der Waals surface area contributed by atoms with E-state index >= 15 is 0 Å². The molecule has 13 heteroatoms. The minimum atomic E-state index is -4.23. The largest absolute Gasteiger partial charge is 0.364 e. The van der Waals surface area contributed by atoms with Crippen LogP contribution < -0.4 is 21.2 Å². The molecule has 0 radical (unpaired) electrons. The van der Waals surface area contributed by atoms with Gasteiger partial charge in [0.1, 0.15) is 24.4 Å². The molecule has 0 N–H and O–H groups in total. The molecule has 0 spiro atoms. The first-order valence-corrected chi connectivity index (χ1v) is 23.6. The fourth-order valence-electron chi connectivity index (χ4n) is 6.22. The third-order valence-corrected chi connectivity index (χ3v) is 15.8. The van der Waals surface area contributed by atoms with Gasteiger partial charge in [-0.3, -0.25) is 8.37 Å². The van der Waals surface area contributed by atoms with Crippen LogP contribution in [-0.2, 0) is 42.4 Å². The van der Waals surface area contributed by atoms with Gasteiger partial charge in [-0.25, -0.2) is 0 Å². The normalized spacial score (nSPS) is 18.6. The lowest BCUT2D eigenvalue weighted by Crippen LogP contribution is -2.41. The Bertz CT molecular complexity index is 2160. The topological polar surface area (TPSA) is 114 Å². The maximum atomic E-state index is 13.6. The molecule has 1 heterocycles. The molecular formula is C44H42O9P2S2. The van der Waals surface area contributed by atoms with Gasteiger partial charge in [0.2, 0.25) is 0 Å². The first-order chi connectivity index (χ1) is 27.6. The minimum Gasteiger partial charge on any atom is -0.364 e. The molecule has 57 heavy (non-hydrogen) atoms. The molecule has 0 amide bonds. The van der Waals surface area contributed by atoms with Crippen molar-refractivity contribution in [2.75, 3.05) is 13.2 Å². The summed E-state index contributed by atoms with van der Waals surface area (Å²) in [5, 5.41) is 3.61. The van der Waals surface area contributed by atoms with E-state index in [-0.39, 0.29) is 9.79 Å². The molecule has 1 aliphatic rings. The van der Waals surface area contributed by atoms with Gasteiger partial charge in [0, 0.05) is 21.2 Å². The predicted molar refractivity (Wildman–Crippen MR) is 225 cm³/mol. The van der Waals surface area contributed by atoms with Crippen molar-refractivity contribution >= 4 is 57.8 Å². The summed E-state index contributed by atoms with van der Waals surface area (Å²) >= 11 is 0. The molecule has 6 aromatic rings. The molecule has 0 aromatic heterocycles. The van der Waals surface area contributed by atoms with Crippen LogP contribution in [0.3, 0.4) is 0 Å². The fourth-order valence-corrected chi connectivity index (χ4v) is 11.9. The van der Waals surface area contributed by atoms with E-state index in [9.17, 15) is 16.8 Å². The quantitative estimate of drug-likeness (QED) is 0.0748. The Morgan fingerprint density at radius 1 is 0.439 bits per heavy atom. The second-order valence-electron chi connectivity index (χ2n) is 13.4. The zero-order valence-electron chi connectivity index (χ0n) is 31.3. The van der Waals surface area contributed by atoms with Crippen molar-refractivity contribution in [1.29, 1.82) is 0 Å². The molecule has 0 bridgehead atoms. The van der Waals surface area contributed by atoms with E-state index in [1.165, 1.54) is 24.3 Å². The van der Waals surface area contributed by atoms with Crippen LogP contribution in [0.4, 0.5) is 0 Å². The Balaban J connectivity index is 1.30. The number of benzene rings is 6. The molecule has 6 aromatic carbocycles. The highest BCUT2D eigenvalue weighted by atomic mass is 32.2. The van der Waals surface area contributed by atoms with Crippen LogP contribution in [-0.4, -0.2) is 54.5 Å². The smallest absolute Gasteiger partial charge is 0.297 e. The van der Waals surface area contributed by atoms with Gasteiger partial charge in [-0.1, -0.05) is 157 Å². The van der Waals surface area contributed by atoms with Gasteiger partial charge in [0.05, 0.1) is 39.3 Å². The monoisotopic (exact) mass is 840 g/mol. The summed E-state index contributed by atoms with van der Waals surface area (Å²) in [5.74, 6) is 0. The van der Waals surface area contributed by atoms with Gasteiger partial charge in [-0.2, -0.15) is 16.8 Å². The first-order valence-electron chi connectivity index (χ1n) is 18.3. The van der Waals surface area contributed by atoms with Crippen LogP contribution in [0.2, 0.25) is 0 Å². The highest BCUT2D eigenvalue weighted by Gasteiger charge is 2.50. The van der Waals surface area contributed by atoms with Crippen LogP contribution in [0, 0.1) is 13.8 Å². The van der Waals surface area contributed by atoms with Gasteiger partial charge in [-0.15, -0.1) is 0 Å². The van der Waals surface area contributed by atoms with Gasteiger partial charge in [-0.05, 0) is 38.1 Å². The molecule has 4 atom stereocenters. The molecule has 1 saturated heterocycles. The summed E-state index contributed by atoms with van der Waals surface area (Å²) in [6.07, 6.45) is -3.99. The maximum absolute atomic E-state index is 13.6. The second kappa shape index (κ2) is 18.6. The Labute approximate surface area is 337 Å². The number of rotatable bonds is 16. The van der Waals surface area contributed by atoms with Crippen LogP contribution in [0.15, 0.2) is 180 Å². The van der Waals surface area contributed by atoms with Crippen molar-refractivity contribution in [3.05, 3.63) is 181 Å². The summed E-state index contributed by atoms with van der Waals surface area (Å²) < 4.78 is 86.7. The lowest BCUT2D eigenvalue weighted by molar-refractivity contribution is -0.0243. The van der Waals surface area contributed by atoms with Gasteiger partial charge < -0.3 is 13.8 Å². The van der Waals surface area contributed by atoms with E-state index in [4.69, 9.17) is 22.2 Å². The number of ether oxygens (including phenoxy) is 1. The highest BCUT2D eigenvalue weighted by molar-refractivity contribution is 7.87.